The highest BCUT2D eigenvalue weighted by molar-refractivity contribution is 7.90. The van der Waals surface area contributed by atoms with Crippen LogP contribution in [0.15, 0.2) is 17.3 Å². The van der Waals surface area contributed by atoms with Crippen LogP contribution in [0.3, 0.4) is 0 Å². The summed E-state index contributed by atoms with van der Waals surface area (Å²) >= 11 is 0. The molecule has 0 amide bonds. The van der Waals surface area contributed by atoms with Crippen LogP contribution >= 0.6 is 0 Å². The first-order chi connectivity index (χ1) is 17.6. The molecule has 0 radical (unpaired) electrons. The van der Waals surface area contributed by atoms with Crippen molar-refractivity contribution >= 4 is 32.7 Å². The van der Waals surface area contributed by atoms with Crippen molar-refractivity contribution in [2.45, 2.75) is 109 Å². The van der Waals surface area contributed by atoms with E-state index in [-0.39, 0.29) is 34.7 Å². The Hall–Kier alpha value is -1.63. The number of nitrogens with two attached hydrogens (primary N) is 1. The van der Waals surface area contributed by atoms with Crippen molar-refractivity contribution in [3.05, 3.63) is 23.0 Å². The number of carbonyl (C=O) groups excluding carboxylic acids is 1. The largest absolute Gasteiger partial charge is 0.461 e. The van der Waals surface area contributed by atoms with Gasteiger partial charge >= 0.3 is 5.97 Å². The third kappa shape index (κ3) is 6.04. The van der Waals surface area contributed by atoms with Gasteiger partial charge in [0.05, 0.1) is 30.5 Å². The molecule has 0 aliphatic carbocycles. The Bertz CT molecular complexity index is 1220. The van der Waals surface area contributed by atoms with Crippen molar-refractivity contribution in [3.63, 3.8) is 0 Å². The molecular weight excluding hydrogens is 561 g/mol. The number of carbonyl (C=O) groups is 1. The number of hydrogen-bond acceptors (Lipinski definition) is 11. The van der Waals surface area contributed by atoms with Crippen molar-refractivity contribution in [1.82, 2.24) is 15.0 Å². The fraction of sp³-hybridized carbons (Fsp3) is 0.792. The van der Waals surface area contributed by atoms with E-state index in [9.17, 15) is 13.2 Å². The lowest BCUT2D eigenvalue weighted by molar-refractivity contribution is -0.0595. The van der Waals surface area contributed by atoms with Crippen molar-refractivity contribution in [2.24, 2.45) is 5.73 Å². The summed E-state index contributed by atoms with van der Waals surface area (Å²) in [4.78, 5) is 12.3. The van der Waals surface area contributed by atoms with Crippen LogP contribution < -0.4 is 5.73 Å². The Morgan fingerprint density at radius 3 is 2.21 bits per heavy atom. The van der Waals surface area contributed by atoms with Crippen molar-refractivity contribution < 1.29 is 35.7 Å². The standard InChI is InChI=1S/C24H44N4O8SSi2/c1-12-32-21(29)16-13-28(27-26-16)20-19(35-39(10,11)23(5,6)7)24(17(25)15-37(30,31)36-24)18(34-20)14-33-38(8,9)22(2,3)4/h13,15,18-20H,12,14,25H2,1-11H3/t18-,19+,20-,24-/m1/s1. The van der Waals surface area contributed by atoms with Crippen molar-refractivity contribution in [1.29, 1.82) is 0 Å². The molecule has 1 fully saturated rings. The second kappa shape index (κ2) is 10.3. The number of nitrogens with zero attached hydrogens (tertiary/aromatic N) is 3. The molecule has 4 atom stereocenters. The van der Waals surface area contributed by atoms with Crippen molar-refractivity contribution in [3.8, 4) is 0 Å². The summed E-state index contributed by atoms with van der Waals surface area (Å²) in [5.74, 6) is -0.643. The van der Waals surface area contributed by atoms with Crippen LogP contribution in [-0.2, 0) is 32.6 Å². The third-order valence-electron chi connectivity index (χ3n) is 8.33. The molecular formula is C24H44N4O8SSi2. The van der Waals surface area contributed by atoms with Gasteiger partial charge in [0, 0.05) is 0 Å². The van der Waals surface area contributed by atoms with Gasteiger partial charge in [0.2, 0.25) is 0 Å². The van der Waals surface area contributed by atoms with Gasteiger partial charge in [-0.25, -0.2) is 13.7 Å². The van der Waals surface area contributed by atoms with Gasteiger partial charge in [-0.2, -0.15) is 8.42 Å². The van der Waals surface area contributed by atoms with E-state index in [1.807, 2.05) is 13.1 Å². The van der Waals surface area contributed by atoms with E-state index in [0.29, 0.717) is 0 Å². The molecule has 0 aromatic carbocycles. The van der Waals surface area contributed by atoms with Gasteiger partial charge in [-0.15, -0.1) is 5.10 Å². The Kier molecular flexibility index (Phi) is 8.45. The van der Waals surface area contributed by atoms with Crippen LogP contribution in [0.1, 0.15) is 65.2 Å². The second-order valence-corrected chi connectivity index (χ2v) is 24.1. The second-order valence-electron chi connectivity index (χ2n) is 13.1. The summed E-state index contributed by atoms with van der Waals surface area (Å²) in [5, 5.41) is 8.62. The lowest BCUT2D eigenvalue weighted by Gasteiger charge is -2.43. The van der Waals surface area contributed by atoms with E-state index in [0.717, 1.165) is 5.41 Å². The fourth-order valence-electron chi connectivity index (χ4n) is 3.90. The summed E-state index contributed by atoms with van der Waals surface area (Å²) in [6.07, 6.45) is -1.64. The van der Waals surface area contributed by atoms with Crippen LogP contribution in [0.2, 0.25) is 36.3 Å². The minimum absolute atomic E-state index is 0.00778. The SMILES string of the molecule is CCOC(=O)c1cn([C@@H]2O[C@H](CO[Si](C)(C)C(C)(C)C)[C@@]3(OS(=O)(=O)C=C3N)[C@H]2O[Si](C)(C)C(C)(C)C)nn1. The molecule has 0 saturated carbocycles. The zero-order chi connectivity index (χ0) is 29.8. The lowest BCUT2D eigenvalue weighted by atomic mass is 9.89. The molecule has 1 aromatic heterocycles. The fourth-order valence-corrected chi connectivity index (χ4v) is 7.41. The van der Waals surface area contributed by atoms with Crippen molar-refractivity contribution in [2.75, 3.05) is 13.2 Å². The molecule has 0 unspecified atom stereocenters. The number of ether oxygens (including phenoxy) is 2. The monoisotopic (exact) mass is 604 g/mol. The molecule has 3 heterocycles. The first-order valence-electron chi connectivity index (χ1n) is 13.1. The Balaban J connectivity index is 2.15. The summed E-state index contributed by atoms with van der Waals surface area (Å²) in [6, 6.07) is 0. The van der Waals surface area contributed by atoms with Gasteiger partial charge in [0.25, 0.3) is 10.1 Å². The quantitative estimate of drug-likeness (QED) is 0.263. The molecule has 0 bridgehead atoms. The van der Waals surface area contributed by atoms with Gasteiger partial charge in [-0.3, -0.25) is 0 Å². The van der Waals surface area contributed by atoms with Gasteiger partial charge in [0.15, 0.2) is 34.2 Å². The maximum atomic E-state index is 12.8. The minimum Gasteiger partial charge on any atom is -0.461 e. The molecule has 2 aliphatic rings. The first-order valence-corrected chi connectivity index (χ1v) is 20.4. The van der Waals surface area contributed by atoms with E-state index in [1.165, 1.54) is 10.9 Å². The zero-order valence-corrected chi connectivity index (χ0v) is 27.7. The molecule has 1 spiro atoms. The normalized spacial score (nSPS) is 27.7. The van der Waals surface area contributed by atoms with Gasteiger partial charge < -0.3 is 24.1 Å². The van der Waals surface area contributed by atoms with Crippen LogP contribution in [0.25, 0.3) is 0 Å². The van der Waals surface area contributed by atoms with Gasteiger partial charge in [0.1, 0.15) is 12.2 Å². The molecule has 15 heteroatoms. The van der Waals surface area contributed by atoms with E-state index in [2.05, 4.69) is 64.9 Å². The van der Waals surface area contributed by atoms with E-state index in [1.54, 1.807) is 6.92 Å². The summed E-state index contributed by atoms with van der Waals surface area (Å²) in [6.45, 7) is 22.6. The van der Waals surface area contributed by atoms with Crippen LogP contribution in [-0.4, -0.2) is 77.0 Å². The third-order valence-corrected chi connectivity index (χ3v) is 18.3. The highest BCUT2D eigenvalue weighted by atomic mass is 32.2. The molecule has 222 valence electrons. The highest BCUT2D eigenvalue weighted by Gasteiger charge is 2.67. The minimum atomic E-state index is -4.14. The van der Waals surface area contributed by atoms with Crippen LogP contribution in [0, 0.1) is 0 Å². The molecule has 3 rings (SSSR count). The molecule has 2 N–H and O–H groups in total. The van der Waals surface area contributed by atoms with Crippen LogP contribution in [0.5, 0.6) is 0 Å². The number of aromatic nitrogens is 3. The average molecular weight is 605 g/mol. The topological polar surface area (TPSA) is 154 Å². The molecule has 1 saturated heterocycles. The Morgan fingerprint density at radius 2 is 1.72 bits per heavy atom. The molecule has 12 nitrogen and oxygen atoms in total. The summed E-state index contributed by atoms with van der Waals surface area (Å²) < 4.78 is 57.6. The van der Waals surface area contributed by atoms with Crippen LogP contribution in [0.4, 0.5) is 0 Å². The van der Waals surface area contributed by atoms with Gasteiger partial charge in [-0.05, 0) is 43.2 Å². The van der Waals surface area contributed by atoms with E-state index < -0.39 is 56.8 Å². The smallest absolute Gasteiger partial charge is 0.360 e. The molecule has 1 aromatic rings. The first kappa shape index (κ1) is 31.9. The maximum absolute atomic E-state index is 12.8. The molecule has 39 heavy (non-hydrogen) atoms. The average Bonchev–Trinajstić information content (AvgIpc) is 3.41. The highest BCUT2D eigenvalue weighted by Crippen LogP contribution is 2.52. The van der Waals surface area contributed by atoms with E-state index in [4.69, 9.17) is 28.2 Å². The lowest BCUT2D eigenvalue weighted by Crippen LogP contribution is -2.59. The molecule has 2 aliphatic heterocycles. The summed E-state index contributed by atoms with van der Waals surface area (Å²) in [5.41, 5.74) is 4.69. The number of esters is 1. The zero-order valence-electron chi connectivity index (χ0n) is 24.9. The van der Waals surface area contributed by atoms with E-state index >= 15 is 0 Å². The summed E-state index contributed by atoms with van der Waals surface area (Å²) in [7, 11) is -9.02. The Labute approximate surface area is 233 Å². The maximum Gasteiger partial charge on any atom is 0.360 e. The predicted molar refractivity (Wildman–Crippen MR) is 150 cm³/mol. The number of hydrogen-bond donors (Lipinski definition) is 1. The van der Waals surface area contributed by atoms with Gasteiger partial charge in [-0.1, -0.05) is 46.8 Å². The Morgan fingerprint density at radius 1 is 1.13 bits per heavy atom. The number of rotatable bonds is 8. The predicted octanol–water partition coefficient (Wildman–Crippen LogP) is 3.66.